The molecule has 2 amide bonds. The summed E-state index contributed by atoms with van der Waals surface area (Å²) in [6.45, 7) is 4.45. The Kier molecular flexibility index (Phi) is 6.32. The van der Waals surface area contributed by atoms with Crippen LogP contribution in [0.5, 0.6) is 5.75 Å². The van der Waals surface area contributed by atoms with Gasteiger partial charge < -0.3 is 14.5 Å². The molecule has 0 aliphatic carbocycles. The molecule has 2 aromatic carbocycles. The van der Waals surface area contributed by atoms with E-state index in [0.29, 0.717) is 33.7 Å². The van der Waals surface area contributed by atoms with Crippen LogP contribution < -0.4 is 15.4 Å². The van der Waals surface area contributed by atoms with Gasteiger partial charge in [-0.1, -0.05) is 41.2 Å². The third kappa shape index (κ3) is 4.87. The normalized spacial score (nSPS) is 10.6. The fourth-order valence-electron chi connectivity index (χ4n) is 2.98. The van der Waals surface area contributed by atoms with Crippen molar-refractivity contribution in [2.45, 2.75) is 13.8 Å². The molecule has 0 saturated carbocycles. The van der Waals surface area contributed by atoms with Crippen LogP contribution in [0.1, 0.15) is 33.4 Å². The minimum absolute atomic E-state index is 0.188. The average Bonchev–Trinajstić information content (AvgIpc) is 3.46. The Hall–Kier alpha value is -3.91. The lowest BCUT2D eigenvalue weighted by Crippen LogP contribution is -2.11. The summed E-state index contributed by atoms with van der Waals surface area (Å²) in [6, 6.07) is 17.9. The molecule has 2 heterocycles. The second-order valence-corrected chi connectivity index (χ2v) is 7.90. The number of ether oxygens (including phenoxy) is 1. The Morgan fingerprint density at radius 2 is 1.75 bits per heavy atom. The summed E-state index contributed by atoms with van der Waals surface area (Å²) in [4.78, 5) is 29.8. The predicted molar refractivity (Wildman–Crippen MR) is 125 cm³/mol. The van der Waals surface area contributed by atoms with Crippen LogP contribution in [0.15, 0.2) is 71.3 Å². The second kappa shape index (κ2) is 9.49. The number of aryl methyl sites for hydroxylation is 1. The largest absolute Gasteiger partial charge is 0.494 e. The first kappa shape index (κ1) is 21.3. The van der Waals surface area contributed by atoms with E-state index in [1.165, 1.54) is 17.6 Å². The molecule has 0 atom stereocenters. The van der Waals surface area contributed by atoms with Crippen molar-refractivity contribution in [2.75, 3.05) is 17.2 Å². The molecule has 0 aliphatic heterocycles. The zero-order chi connectivity index (χ0) is 22.5. The zero-order valence-corrected chi connectivity index (χ0v) is 18.4. The maximum atomic E-state index is 12.7. The molecule has 32 heavy (non-hydrogen) atoms. The van der Waals surface area contributed by atoms with Crippen LogP contribution in [-0.4, -0.2) is 23.4 Å². The number of furan rings is 1. The number of benzene rings is 2. The molecule has 0 spiro atoms. The van der Waals surface area contributed by atoms with Gasteiger partial charge in [0.15, 0.2) is 10.9 Å². The van der Waals surface area contributed by atoms with Crippen LogP contribution in [0.3, 0.4) is 0 Å². The molecule has 0 unspecified atom stereocenters. The van der Waals surface area contributed by atoms with Gasteiger partial charge in [-0.25, -0.2) is 4.98 Å². The van der Waals surface area contributed by atoms with Gasteiger partial charge in [-0.3, -0.25) is 14.9 Å². The molecule has 4 rings (SSSR count). The Morgan fingerprint density at radius 3 is 2.41 bits per heavy atom. The van der Waals surface area contributed by atoms with Gasteiger partial charge in [-0.05, 0) is 50.2 Å². The highest BCUT2D eigenvalue weighted by atomic mass is 32.1. The van der Waals surface area contributed by atoms with Crippen molar-refractivity contribution in [3.05, 3.63) is 83.8 Å². The molecule has 2 aromatic heterocycles. The monoisotopic (exact) mass is 447 g/mol. The van der Waals surface area contributed by atoms with Crippen molar-refractivity contribution < 1.29 is 18.7 Å². The first-order chi connectivity index (χ1) is 15.5. The molecule has 7 nitrogen and oxygen atoms in total. The minimum atomic E-state index is -0.392. The molecule has 2 N–H and O–H groups in total. The highest BCUT2D eigenvalue weighted by Crippen LogP contribution is 2.36. The van der Waals surface area contributed by atoms with Crippen molar-refractivity contribution in [1.29, 1.82) is 0 Å². The molecular weight excluding hydrogens is 426 g/mol. The number of carbonyl (C=O) groups excluding carboxylic acids is 2. The van der Waals surface area contributed by atoms with Crippen LogP contribution in [0.2, 0.25) is 0 Å². The fraction of sp³-hybridized carbons (Fsp3) is 0.125. The number of amides is 2. The van der Waals surface area contributed by atoms with Crippen LogP contribution in [0.4, 0.5) is 10.1 Å². The summed E-state index contributed by atoms with van der Waals surface area (Å²) in [6.07, 6.45) is 1.44. The van der Waals surface area contributed by atoms with E-state index in [9.17, 15) is 9.59 Å². The first-order valence-electron chi connectivity index (χ1n) is 10.0. The standard InChI is InChI=1S/C24H21N3O4S/c1-3-30-18-12-10-17(11-13-18)21(28)27-24-25-20(16-8-6-15(2)7-9-16)23(32-24)26-22(29)19-5-4-14-31-19/h4-14H,3H2,1-2H3,(H,26,29)(H,25,27,28). The number of nitrogens with zero attached hydrogens (tertiary/aromatic N) is 1. The lowest BCUT2D eigenvalue weighted by Gasteiger charge is -2.04. The number of anilines is 2. The smallest absolute Gasteiger partial charge is 0.292 e. The lowest BCUT2D eigenvalue weighted by molar-refractivity contribution is 0.0995. The van der Waals surface area contributed by atoms with Crippen LogP contribution >= 0.6 is 11.3 Å². The molecule has 0 saturated heterocycles. The number of nitrogens with one attached hydrogen (secondary N) is 2. The average molecular weight is 448 g/mol. The third-order valence-electron chi connectivity index (χ3n) is 4.57. The highest BCUT2D eigenvalue weighted by molar-refractivity contribution is 7.20. The molecule has 0 bridgehead atoms. The predicted octanol–water partition coefficient (Wildman–Crippen LogP) is 5.61. The van der Waals surface area contributed by atoms with Gasteiger partial charge in [0.2, 0.25) is 0 Å². The second-order valence-electron chi connectivity index (χ2n) is 6.91. The molecule has 4 aromatic rings. The van der Waals surface area contributed by atoms with E-state index in [4.69, 9.17) is 9.15 Å². The van der Waals surface area contributed by atoms with Gasteiger partial charge >= 0.3 is 0 Å². The number of rotatable bonds is 7. The SMILES string of the molecule is CCOc1ccc(C(=O)Nc2nc(-c3ccc(C)cc3)c(NC(=O)c3ccco3)s2)cc1. The number of hydrogen-bond acceptors (Lipinski definition) is 6. The van der Waals surface area contributed by atoms with Crippen molar-refractivity contribution >= 4 is 33.3 Å². The molecule has 0 radical (unpaired) electrons. The van der Waals surface area contributed by atoms with Gasteiger partial charge in [0.05, 0.1) is 12.9 Å². The lowest BCUT2D eigenvalue weighted by atomic mass is 10.1. The summed E-state index contributed by atoms with van der Waals surface area (Å²) in [7, 11) is 0. The minimum Gasteiger partial charge on any atom is -0.494 e. The summed E-state index contributed by atoms with van der Waals surface area (Å²) in [5.41, 5.74) is 2.97. The molecule has 0 fully saturated rings. The Labute approximate surface area is 189 Å². The van der Waals surface area contributed by atoms with Gasteiger partial charge in [0, 0.05) is 11.1 Å². The van der Waals surface area contributed by atoms with Crippen LogP contribution in [0, 0.1) is 6.92 Å². The molecule has 162 valence electrons. The topological polar surface area (TPSA) is 93.5 Å². The van der Waals surface area contributed by atoms with Gasteiger partial charge in [0.1, 0.15) is 16.4 Å². The van der Waals surface area contributed by atoms with E-state index in [1.807, 2.05) is 38.1 Å². The molecular formula is C24H21N3O4S. The Morgan fingerprint density at radius 1 is 1.00 bits per heavy atom. The van der Waals surface area contributed by atoms with E-state index >= 15 is 0 Å². The van der Waals surface area contributed by atoms with E-state index < -0.39 is 5.91 Å². The van der Waals surface area contributed by atoms with Crippen molar-refractivity contribution in [2.24, 2.45) is 0 Å². The summed E-state index contributed by atoms with van der Waals surface area (Å²) in [5.74, 6) is 0.189. The highest BCUT2D eigenvalue weighted by Gasteiger charge is 2.19. The summed E-state index contributed by atoms with van der Waals surface area (Å²) < 4.78 is 10.6. The summed E-state index contributed by atoms with van der Waals surface area (Å²) >= 11 is 1.18. The molecule has 0 aliphatic rings. The first-order valence-corrected chi connectivity index (χ1v) is 10.8. The van der Waals surface area contributed by atoms with Gasteiger partial charge in [0.25, 0.3) is 11.8 Å². The van der Waals surface area contributed by atoms with Crippen molar-refractivity contribution in [3.63, 3.8) is 0 Å². The Balaban J connectivity index is 1.60. The van der Waals surface area contributed by atoms with Crippen molar-refractivity contribution in [1.82, 2.24) is 4.98 Å². The number of thiazole rings is 1. The zero-order valence-electron chi connectivity index (χ0n) is 17.5. The van der Waals surface area contributed by atoms with Gasteiger partial charge in [-0.2, -0.15) is 0 Å². The van der Waals surface area contributed by atoms with Crippen LogP contribution in [0.25, 0.3) is 11.3 Å². The van der Waals surface area contributed by atoms with Gasteiger partial charge in [-0.15, -0.1) is 0 Å². The van der Waals surface area contributed by atoms with E-state index in [2.05, 4.69) is 15.6 Å². The number of hydrogen-bond donors (Lipinski definition) is 2. The number of carbonyl (C=O) groups is 2. The maximum absolute atomic E-state index is 12.7. The quantitative estimate of drug-likeness (QED) is 0.384. The fourth-order valence-corrected chi connectivity index (χ4v) is 3.85. The van der Waals surface area contributed by atoms with E-state index in [1.54, 1.807) is 36.4 Å². The van der Waals surface area contributed by atoms with E-state index in [-0.39, 0.29) is 11.7 Å². The third-order valence-corrected chi connectivity index (χ3v) is 5.46. The van der Waals surface area contributed by atoms with Crippen LogP contribution in [-0.2, 0) is 0 Å². The molecule has 8 heteroatoms. The maximum Gasteiger partial charge on any atom is 0.292 e. The summed E-state index contributed by atoms with van der Waals surface area (Å²) in [5, 5.41) is 6.53. The number of aromatic nitrogens is 1. The van der Waals surface area contributed by atoms with Crippen molar-refractivity contribution in [3.8, 4) is 17.0 Å². The Bertz CT molecular complexity index is 1210. The van der Waals surface area contributed by atoms with E-state index in [0.717, 1.165) is 11.1 Å².